The first-order valence-electron chi connectivity index (χ1n) is 3.13. The third kappa shape index (κ3) is 1.42. The Kier molecular flexibility index (Phi) is 1.83. The van der Waals surface area contributed by atoms with Crippen LogP contribution in [0.15, 0.2) is 24.3 Å². The van der Waals surface area contributed by atoms with E-state index in [0.29, 0.717) is 0 Å². The molecule has 0 aromatic heterocycles. The van der Waals surface area contributed by atoms with Crippen molar-refractivity contribution >= 4 is 11.5 Å². The molecule has 0 heterocycles. The van der Waals surface area contributed by atoms with Crippen molar-refractivity contribution in [1.82, 2.24) is 0 Å². The van der Waals surface area contributed by atoms with Gasteiger partial charge in [0.25, 0.3) is 0 Å². The molecule has 0 saturated heterocycles. The van der Waals surface area contributed by atoms with E-state index in [-0.39, 0.29) is 5.78 Å². The van der Waals surface area contributed by atoms with Gasteiger partial charge in [-0.2, -0.15) is 0 Å². The Morgan fingerprint density at radius 1 is 1.30 bits per heavy atom. The number of rotatable bonds is 1. The summed E-state index contributed by atoms with van der Waals surface area (Å²) in [6.07, 6.45) is 0. The van der Waals surface area contributed by atoms with Crippen molar-refractivity contribution in [3.63, 3.8) is 0 Å². The van der Waals surface area contributed by atoms with Crippen molar-refractivity contribution in [2.24, 2.45) is 0 Å². The van der Waals surface area contributed by atoms with Gasteiger partial charge in [-0.15, -0.1) is 0 Å². The Balaban J connectivity index is 3.00. The SMILES string of the molecule is CC(=O)c1ccc([NH3+])cc1. The van der Waals surface area contributed by atoms with Gasteiger partial charge in [-0.05, 0) is 31.2 Å². The number of ketones is 1. The molecule has 0 aliphatic carbocycles. The van der Waals surface area contributed by atoms with Gasteiger partial charge in [-0.3, -0.25) is 4.79 Å². The molecule has 0 aliphatic heterocycles. The maximum absolute atomic E-state index is 10.7. The van der Waals surface area contributed by atoms with Gasteiger partial charge in [0.1, 0.15) is 5.69 Å². The molecular weight excluding hydrogens is 126 g/mol. The van der Waals surface area contributed by atoms with E-state index in [9.17, 15) is 4.79 Å². The largest absolute Gasteiger partial charge is 0.325 e. The summed E-state index contributed by atoms with van der Waals surface area (Å²) < 4.78 is 0. The number of carbonyl (C=O) groups excluding carboxylic acids is 1. The average Bonchev–Trinajstić information content (AvgIpc) is 1.88. The second kappa shape index (κ2) is 2.62. The molecule has 0 amide bonds. The van der Waals surface area contributed by atoms with Gasteiger partial charge < -0.3 is 5.73 Å². The van der Waals surface area contributed by atoms with E-state index in [4.69, 9.17) is 0 Å². The highest BCUT2D eigenvalue weighted by atomic mass is 16.1. The van der Waals surface area contributed by atoms with Crippen LogP contribution in [0.3, 0.4) is 0 Å². The molecule has 0 bridgehead atoms. The zero-order chi connectivity index (χ0) is 7.56. The fourth-order valence-electron chi connectivity index (χ4n) is 0.739. The molecule has 0 aliphatic rings. The molecule has 1 aromatic rings. The predicted molar refractivity (Wildman–Crippen MR) is 39.0 cm³/mol. The molecule has 0 unspecified atom stereocenters. The standard InChI is InChI=1S/C8H9NO/c1-6(10)7-2-4-8(9)5-3-7/h2-5H,9H2,1H3/p+1. The van der Waals surface area contributed by atoms with Crippen LogP contribution in [0, 0.1) is 0 Å². The van der Waals surface area contributed by atoms with E-state index < -0.39 is 0 Å². The smallest absolute Gasteiger partial charge is 0.159 e. The number of hydrogen-bond acceptors (Lipinski definition) is 1. The molecule has 3 N–H and O–H groups in total. The topological polar surface area (TPSA) is 44.7 Å². The molecule has 0 radical (unpaired) electrons. The van der Waals surface area contributed by atoms with Crippen molar-refractivity contribution in [2.75, 3.05) is 0 Å². The third-order valence-corrected chi connectivity index (χ3v) is 1.36. The second-order valence-electron chi connectivity index (χ2n) is 2.25. The van der Waals surface area contributed by atoms with E-state index >= 15 is 0 Å². The van der Waals surface area contributed by atoms with Gasteiger partial charge in [-0.25, -0.2) is 0 Å². The maximum Gasteiger partial charge on any atom is 0.159 e. The Morgan fingerprint density at radius 3 is 2.20 bits per heavy atom. The molecule has 0 spiro atoms. The molecular formula is C8H10NO+. The molecule has 0 atom stereocenters. The van der Waals surface area contributed by atoms with E-state index in [2.05, 4.69) is 5.73 Å². The van der Waals surface area contributed by atoms with Crippen LogP contribution in [0.4, 0.5) is 5.69 Å². The zero-order valence-corrected chi connectivity index (χ0v) is 5.92. The Bertz CT molecular complexity index is 238. The summed E-state index contributed by atoms with van der Waals surface area (Å²) in [7, 11) is 0. The monoisotopic (exact) mass is 136 g/mol. The lowest BCUT2D eigenvalue weighted by molar-refractivity contribution is -0.254. The Hall–Kier alpha value is -1.15. The van der Waals surface area contributed by atoms with Gasteiger partial charge in [0, 0.05) is 5.56 Å². The molecule has 2 heteroatoms. The molecule has 0 saturated carbocycles. The molecule has 52 valence electrons. The molecule has 0 fully saturated rings. The fourth-order valence-corrected chi connectivity index (χ4v) is 0.739. The third-order valence-electron chi connectivity index (χ3n) is 1.36. The van der Waals surface area contributed by atoms with Gasteiger partial charge in [0.2, 0.25) is 0 Å². The van der Waals surface area contributed by atoms with Crippen molar-refractivity contribution in [1.29, 1.82) is 0 Å². The Labute approximate surface area is 59.7 Å². The first kappa shape index (κ1) is 6.96. The van der Waals surface area contributed by atoms with E-state index in [1.807, 2.05) is 12.1 Å². The van der Waals surface area contributed by atoms with Gasteiger partial charge in [0.05, 0.1) is 0 Å². The lowest BCUT2D eigenvalue weighted by Gasteiger charge is -1.91. The van der Waals surface area contributed by atoms with Crippen molar-refractivity contribution < 1.29 is 10.5 Å². The molecule has 1 aromatic carbocycles. The summed E-state index contributed by atoms with van der Waals surface area (Å²) >= 11 is 0. The lowest BCUT2D eigenvalue weighted by atomic mass is 10.1. The van der Waals surface area contributed by atoms with E-state index in [1.165, 1.54) is 0 Å². The normalized spacial score (nSPS) is 9.40. The minimum Gasteiger partial charge on any atom is -0.325 e. The van der Waals surface area contributed by atoms with E-state index in [1.54, 1.807) is 19.1 Å². The van der Waals surface area contributed by atoms with E-state index in [0.717, 1.165) is 11.3 Å². The summed E-state index contributed by atoms with van der Waals surface area (Å²) in [5.74, 6) is 0.0972. The van der Waals surface area contributed by atoms with Gasteiger partial charge in [0.15, 0.2) is 5.78 Å². The number of carbonyl (C=O) groups is 1. The van der Waals surface area contributed by atoms with Crippen LogP contribution in [0.5, 0.6) is 0 Å². The lowest BCUT2D eigenvalue weighted by Crippen LogP contribution is -2.39. The number of quaternary nitrogens is 1. The van der Waals surface area contributed by atoms with Crippen LogP contribution in [-0.4, -0.2) is 5.78 Å². The quantitative estimate of drug-likeness (QED) is 0.569. The molecule has 1 rings (SSSR count). The van der Waals surface area contributed by atoms with Crippen LogP contribution >= 0.6 is 0 Å². The molecule has 2 nitrogen and oxygen atoms in total. The highest BCUT2D eigenvalue weighted by molar-refractivity contribution is 5.94. The second-order valence-corrected chi connectivity index (χ2v) is 2.25. The number of Topliss-reactive ketones (excluding diaryl/α,β-unsaturated/α-hetero) is 1. The van der Waals surface area contributed by atoms with Crippen LogP contribution in [-0.2, 0) is 0 Å². The summed E-state index contributed by atoms with van der Waals surface area (Å²) in [6.45, 7) is 1.55. The van der Waals surface area contributed by atoms with Crippen molar-refractivity contribution in [3.8, 4) is 0 Å². The van der Waals surface area contributed by atoms with Gasteiger partial charge >= 0.3 is 0 Å². The summed E-state index contributed by atoms with van der Waals surface area (Å²) in [5, 5.41) is 0. The summed E-state index contributed by atoms with van der Waals surface area (Å²) in [5.41, 5.74) is 5.39. The van der Waals surface area contributed by atoms with Crippen LogP contribution in [0.1, 0.15) is 17.3 Å². The summed E-state index contributed by atoms with van der Waals surface area (Å²) in [6, 6.07) is 7.22. The number of hydrogen-bond donors (Lipinski definition) is 1. The average molecular weight is 136 g/mol. The minimum atomic E-state index is 0.0972. The van der Waals surface area contributed by atoms with Crippen LogP contribution < -0.4 is 5.73 Å². The maximum atomic E-state index is 10.7. The zero-order valence-electron chi connectivity index (χ0n) is 5.92. The fraction of sp³-hybridized carbons (Fsp3) is 0.125. The van der Waals surface area contributed by atoms with Crippen LogP contribution in [0.25, 0.3) is 0 Å². The van der Waals surface area contributed by atoms with Crippen LogP contribution in [0.2, 0.25) is 0 Å². The highest BCUT2D eigenvalue weighted by Crippen LogP contribution is 2.03. The van der Waals surface area contributed by atoms with Gasteiger partial charge in [-0.1, -0.05) is 0 Å². The van der Waals surface area contributed by atoms with Crippen molar-refractivity contribution in [3.05, 3.63) is 29.8 Å². The molecule has 10 heavy (non-hydrogen) atoms. The summed E-state index contributed by atoms with van der Waals surface area (Å²) in [4.78, 5) is 10.7. The first-order valence-corrected chi connectivity index (χ1v) is 3.13. The highest BCUT2D eigenvalue weighted by Gasteiger charge is 1.96. The number of benzene rings is 1. The first-order chi connectivity index (χ1) is 4.70. The minimum absolute atomic E-state index is 0.0972. The predicted octanol–water partition coefficient (Wildman–Crippen LogP) is 0.763. The van der Waals surface area contributed by atoms with Crippen molar-refractivity contribution in [2.45, 2.75) is 6.92 Å². The Morgan fingerprint density at radius 2 is 1.80 bits per heavy atom.